The van der Waals surface area contributed by atoms with E-state index in [-0.39, 0.29) is 24.0 Å². The Hall–Kier alpha value is -0.610. The fourth-order valence-electron chi connectivity index (χ4n) is 3.40. The van der Waals surface area contributed by atoms with Gasteiger partial charge in [0.25, 0.3) is 0 Å². The zero-order valence-corrected chi connectivity index (χ0v) is 17.6. The van der Waals surface area contributed by atoms with Gasteiger partial charge in [0.1, 0.15) is 0 Å². The fourth-order valence-corrected chi connectivity index (χ4v) is 4.10. The number of rotatable bonds is 5. The number of likely N-dealkylation sites (tertiary alicyclic amines) is 1. The van der Waals surface area contributed by atoms with E-state index in [1.165, 1.54) is 32.5 Å². The summed E-state index contributed by atoms with van der Waals surface area (Å²) in [5.41, 5.74) is 6.21. The van der Waals surface area contributed by atoms with Crippen LogP contribution in [0.25, 0.3) is 0 Å². The Morgan fingerprint density at radius 2 is 2.12 bits per heavy atom. The summed E-state index contributed by atoms with van der Waals surface area (Å²) in [5, 5.41) is 3.14. The third-order valence-electron chi connectivity index (χ3n) is 4.71. The predicted octanol–water partition coefficient (Wildman–Crippen LogP) is 1.93. The molecule has 2 aliphatic rings. The minimum atomic E-state index is 0. The molecule has 6 nitrogen and oxygen atoms in total. The van der Waals surface area contributed by atoms with Crippen molar-refractivity contribution in [2.75, 3.05) is 57.3 Å². The molecule has 24 heavy (non-hydrogen) atoms. The molecule has 136 valence electrons. The molecule has 1 aromatic heterocycles. The summed E-state index contributed by atoms with van der Waals surface area (Å²) in [4.78, 5) is 16.1. The molecule has 2 fully saturated rings. The van der Waals surface area contributed by atoms with Crippen molar-refractivity contribution in [3.63, 3.8) is 0 Å². The Morgan fingerprint density at radius 3 is 2.79 bits per heavy atom. The highest BCUT2D eigenvalue weighted by Gasteiger charge is 2.23. The number of halogens is 1. The van der Waals surface area contributed by atoms with Gasteiger partial charge in [0.05, 0.1) is 0 Å². The van der Waals surface area contributed by atoms with Crippen molar-refractivity contribution in [1.82, 2.24) is 14.8 Å². The van der Waals surface area contributed by atoms with Gasteiger partial charge in [0.2, 0.25) is 0 Å². The molecule has 1 aromatic rings. The van der Waals surface area contributed by atoms with Gasteiger partial charge in [-0.1, -0.05) is 6.92 Å². The number of hydrogen-bond donors (Lipinski definition) is 1. The molecule has 0 bridgehead atoms. The van der Waals surface area contributed by atoms with Gasteiger partial charge in [-0.15, -0.1) is 35.3 Å². The van der Waals surface area contributed by atoms with Crippen molar-refractivity contribution >= 4 is 46.4 Å². The van der Waals surface area contributed by atoms with Crippen molar-refractivity contribution in [3.8, 4) is 0 Å². The van der Waals surface area contributed by atoms with E-state index in [1.807, 2.05) is 11.6 Å². The first kappa shape index (κ1) is 19.7. The van der Waals surface area contributed by atoms with Crippen molar-refractivity contribution in [3.05, 3.63) is 11.6 Å². The lowest BCUT2D eigenvalue weighted by Gasteiger charge is -2.35. The lowest BCUT2D eigenvalue weighted by molar-refractivity contribution is 0.325. The number of nitrogens with two attached hydrogens (primary N) is 1. The van der Waals surface area contributed by atoms with Crippen LogP contribution >= 0.6 is 35.3 Å². The van der Waals surface area contributed by atoms with Crippen molar-refractivity contribution in [2.45, 2.75) is 19.8 Å². The number of nitrogens with zero attached hydrogens (tertiary/aromatic N) is 5. The van der Waals surface area contributed by atoms with Crippen LogP contribution in [0.2, 0.25) is 0 Å². The first-order chi connectivity index (χ1) is 11.3. The highest BCUT2D eigenvalue weighted by molar-refractivity contribution is 14.0. The second kappa shape index (κ2) is 9.76. The van der Waals surface area contributed by atoms with Crippen LogP contribution in [-0.2, 0) is 0 Å². The van der Waals surface area contributed by atoms with Crippen LogP contribution in [0.5, 0.6) is 0 Å². The fraction of sp³-hybridized carbons (Fsp3) is 0.750. The number of aromatic nitrogens is 1. The maximum atomic E-state index is 6.21. The Bertz CT molecular complexity index is 501. The summed E-state index contributed by atoms with van der Waals surface area (Å²) in [6, 6.07) is 0. The number of aliphatic imine (C=N–C) groups is 1. The third kappa shape index (κ3) is 5.19. The number of guanidine groups is 1. The standard InChI is InChI=1S/C16H28N6S.HI/c1-2-5-20-6-3-14(13-20)12-19-15(17)21-7-9-22(10-8-21)16-18-4-11-23-16;/h4,11,14H,2-3,5-10,12-13H2,1H3,(H2,17,19);1H. The highest BCUT2D eigenvalue weighted by Crippen LogP contribution is 2.19. The Morgan fingerprint density at radius 1 is 1.33 bits per heavy atom. The van der Waals surface area contributed by atoms with E-state index in [1.54, 1.807) is 11.3 Å². The van der Waals surface area contributed by atoms with Gasteiger partial charge in [-0.25, -0.2) is 4.98 Å². The first-order valence-corrected chi connectivity index (χ1v) is 9.56. The molecule has 0 spiro atoms. The second-order valence-electron chi connectivity index (χ2n) is 6.44. The maximum absolute atomic E-state index is 6.21. The molecule has 2 saturated heterocycles. The van der Waals surface area contributed by atoms with Crippen LogP contribution in [0, 0.1) is 5.92 Å². The average Bonchev–Trinajstić information content (AvgIpc) is 3.25. The monoisotopic (exact) mass is 464 g/mol. The molecule has 2 N–H and O–H groups in total. The predicted molar refractivity (Wildman–Crippen MR) is 113 cm³/mol. The average molecular weight is 464 g/mol. The molecule has 3 heterocycles. The molecule has 0 aliphatic carbocycles. The summed E-state index contributed by atoms with van der Waals surface area (Å²) in [6.07, 6.45) is 4.36. The van der Waals surface area contributed by atoms with E-state index in [9.17, 15) is 0 Å². The molecule has 0 aromatic carbocycles. The van der Waals surface area contributed by atoms with Crippen molar-refractivity contribution < 1.29 is 0 Å². The highest BCUT2D eigenvalue weighted by atomic mass is 127. The van der Waals surface area contributed by atoms with Gasteiger partial charge in [0.15, 0.2) is 11.1 Å². The summed E-state index contributed by atoms with van der Waals surface area (Å²) >= 11 is 1.70. The molecule has 2 aliphatic heterocycles. The third-order valence-corrected chi connectivity index (χ3v) is 5.55. The Balaban J connectivity index is 0.00000208. The van der Waals surface area contributed by atoms with Gasteiger partial charge in [-0.05, 0) is 31.8 Å². The molecule has 8 heteroatoms. The molecule has 1 atom stereocenters. The molecule has 0 saturated carbocycles. The van der Waals surface area contributed by atoms with Gasteiger partial charge in [-0.3, -0.25) is 4.99 Å². The molecule has 3 rings (SSSR count). The van der Waals surface area contributed by atoms with E-state index >= 15 is 0 Å². The lowest BCUT2D eigenvalue weighted by Crippen LogP contribution is -2.51. The minimum Gasteiger partial charge on any atom is -0.370 e. The van der Waals surface area contributed by atoms with Crippen LogP contribution < -0.4 is 10.6 Å². The van der Waals surface area contributed by atoms with Crippen LogP contribution in [0.4, 0.5) is 5.13 Å². The van der Waals surface area contributed by atoms with E-state index in [2.05, 4.69) is 31.6 Å². The summed E-state index contributed by atoms with van der Waals surface area (Å²) in [6.45, 7) is 10.5. The number of hydrogen-bond acceptors (Lipinski definition) is 5. The number of anilines is 1. The summed E-state index contributed by atoms with van der Waals surface area (Å²) in [5.74, 6) is 1.40. The molecular weight excluding hydrogens is 435 g/mol. The maximum Gasteiger partial charge on any atom is 0.191 e. The zero-order chi connectivity index (χ0) is 16.1. The first-order valence-electron chi connectivity index (χ1n) is 8.68. The summed E-state index contributed by atoms with van der Waals surface area (Å²) in [7, 11) is 0. The lowest BCUT2D eigenvalue weighted by atomic mass is 10.1. The van der Waals surface area contributed by atoms with Crippen LogP contribution in [0.15, 0.2) is 16.6 Å². The number of thiazole rings is 1. The largest absolute Gasteiger partial charge is 0.370 e. The van der Waals surface area contributed by atoms with E-state index in [0.717, 1.165) is 43.8 Å². The molecule has 1 unspecified atom stereocenters. The van der Waals surface area contributed by atoms with Crippen molar-refractivity contribution in [2.24, 2.45) is 16.6 Å². The van der Waals surface area contributed by atoms with Gasteiger partial charge < -0.3 is 20.4 Å². The SMILES string of the molecule is CCCN1CCC(CN=C(N)N2CCN(c3nccs3)CC2)C1.I. The van der Waals surface area contributed by atoms with E-state index in [4.69, 9.17) is 5.73 Å². The molecule has 0 amide bonds. The van der Waals surface area contributed by atoms with Gasteiger partial charge in [-0.2, -0.15) is 0 Å². The number of piperazine rings is 1. The van der Waals surface area contributed by atoms with Gasteiger partial charge >= 0.3 is 0 Å². The van der Waals surface area contributed by atoms with Crippen LogP contribution in [0.3, 0.4) is 0 Å². The smallest absolute Gasteiger partial charge is 0.191 e. The van der Waals surface area contributed by atoms with Crippen molar-refractivity contribution in [1.29, 1.82) is 0 Å². The van der Waals surface area contributed by atoms with E-state index < -0.39 is 0 Å². The Kier molecular flexibility index (Phi) is 8.02. The van der Waals surface area contributed by atoms with Crippen LogP contribution in [-0.4, -0.2) is 73.1 Å². The topological polar surface area (TPSA) is 61.0 Å². The Labute approximate surface area is 166 Å². The quantitative estimate of drug-likeness (QED) is 0.410. The van der Waals surface area contributed by atoms with E-state index in [0.29, 0.717) is 5.92 Å². The summed E-state index contributed by atoms with van der Waals surface area (Å²) < 4.78 is 0. The minimum absolute atomic E-state index is 0. The van der Waals surface area contributed by atoms with Gasteiger partial charge in [0, 0.05) is 50.8 Å². The molecular formula is C16H29IN6S. The van der Waals surface area contributed by atoms with Crippen LogP contribution in [0.1, 0.15) is 19.8 Å². The zero-order valence-electron chi connectivity index (χ0n) is 14.4. The second-order valence-corrected chi connectivity index (χ2v) is 7.32. The normalized spacial score (nSPS) is 22.7. The molecule has 0 radical (unpaired) electrons.